The highest BCUT2D eigenvalue weighted by molar-refractivity contribution is 7.13. The van der Waals surface area contributed by atoms with Crippen molar-refractivity contribution in [3.8, 4) is 16.5 Å². The fraction of sp³-hybridized carbons (Fsp3) is 0.150. The quantitative estimate of drug-likeness (QED) is 0.394. The van der Waals surface area contributed by atoms with Gasteiger partial charge in [-0.05, 0) is 42.3 Å². The van der Waals surface area contributed by atoms with Crippen molar-refractivity contribution in [2.75, 3.05) is 0 Å². The van der Waals surface area contributed by atoms with E-state index in [2.05, 4.69) is 4.98 Å². The van der Waals surface area contributed by atoms with Crippen molar-refractivity contribution in [1.29, 1.82) is 0 Å². The van der Waals surface area contributed by atoms with Crippen LogP contribution < -0.4 is 4.74 Å². The Morgan fingerprint density at radius 3 is 2.72 bits per heavy atom. The van der Waals surface area contributed by atoms with Gasteiger partial charge < -0.3 is 9.15 Å². The van der Waals surface area contributed by atoms with E-state index in [0.717, 1.165) is 44.3 Å². The third-order valence-corrected chi connectivity index (χ3v) is 5.24. The predicted molar refractivity (Wildman–Crippen MR) is 102 cm³/mol. The van der Waals surface area contributed by atoms with Gasteiger partial charge in [-0.3, -0.25) is 0 Å². The van der Waals surface area contributed by atoms with Crippen molar-refractivity contribution >= 4 is 33.9 Å². The van der Waals surface area contributed by atoms with E-state index >= 15 is 0 Å². The summed E-state index contributed by atoms with van der Waals surface area (Å²) in [5, 5.41) is 3.92. The SMILES string of the molecule is Cc1csc(-c2cc3cc(OCc4ccccc4CCl)ccc3o2)n1. The van der Waals surface area contributed by atoms with Crippen LogP contribution in [0.2, 0.25) is 0 Å². The monoisotopic (exact) mass is 369 g/mol. The van der Waals surface area contributed by atoms with Crippen LogP contribution in [-0.4, -0.2) is 4.98 Å². The van der Waals surface area contributed by atoms with Crippen molar-refractivity contribution in [3.63, 3.8) is 0 Å². The van der Waals surface area contributed by atoms with Gasteiger partial charge in [0.05, 0.1) is 0 Å². The minimum Gasteiger partial charge on any atom is -0.489 e. The summed E-state index contributed by atoms with van der Waals surface area (Å²) in [5.74, 6) is 2.08. The summed E-state index contributed by atoms with van der Waals surface area (Å²) in [6, 6.07) is 15.9. The van der Waals surface area contributed by atoms with E-state index in [4.69, 9.17) is 20.8 Å². The van der Waals surface area contributed by atoms with Gasteiger partial charge in [-0.2, -0.15) is 0 Å². The van der Waals surface area contributed by atoms with E-state index < -0.39 is 0 Å². The Hall–Kier alpha value is -2.30. The van der Waals surface area contributed by atoms with Gasteiger partial charge in [0.2, 0.25) is 0 Å². The number of rotatable bonds is 5. The number of hydrogen-bond donors (Lipinski definition) is 0. The third-order valence-electron chi connectivity index (χ3n) is 3.97. The smallest absolute Gasteiger partial charge is 0.164 e. The molecule has 4 rings (SSSR count). The Balaban J connectivity index is 1.57. The van der Waals surface area contributed by atoms with Crippen LogP contribution in [-0.2, 0) is 12.5 Å². The largest absolute Gasteiger partial charge is 0.489 e. The molecule has 0 unspecified atom stereocenters. The molecule has 2 aromatic carbocycles. The summed E-state index contributed by atoms with van der Waals surface area (Å²) < 4.78 is 11.8. The van der Waals surface area contributed by atoms with Gasteiger partial charge in [0.15, 0.2) is 10.8 Å². The van der Waals surface area contributed by atoms with Crippen LogP contribution in [0.1, 0.15) is 16.8 Å². The van der Waals surface area contributed by atoms with Crippen LogP contribution in [0.5, 0.6) is 5.75 Å². The van der Waals surface area contributed by atoms with Crippen LogP contribution >= 0.6 is 22.9 Å². The standard InChI is InChI=1S/C20H16ClNO2S/c1-13-12-25-20(22-13)19-9-16-8-17(6-7-18(16)24-19)23-11-15-5-3-2-4-14(15)10-21/h2-9,12H,10-11H2,1H3. The number of halogens is 1. The Kier molecular flexibility index (Phi) is 4.47. The van der Waals surface area contributed by atoms with Gasteiger partial charge in [0.1, 0.15) is 17.9 Å². The van der Waals surface area contributed by atoms with Crippen molar-refractivity contribution in [3.05, 3.63) is 70.7 Å². The molecule has 0 aliphatic carbocycles. The van der Waals surface area contributed by atoms with Gasteiger partial charge in [0.25, 0.3) is 0 Å². The predicted octanol–water partition coefficient (Wildman–Crippen LogP) is 6.18. The second-order valence-corrected chi connectivity index (χ2v) is 6.92. The Morgan fingerprint density at radius 1 is 1.12 bits per heavy atom. The molecule has 0 saturated carbocycles. The highest BCUT2D eigenvalue weighted by Crippen LogP contribution is 2.32. The number of nitrogens with zero attached hydrogens (tertiary/aromatic N) is 1. The zero-order valence-corrected chi connectivity index (χ0v) is 15.2. The Labute approximate surface area is 154 Å². The summed E-state index contributed by atoms with van der Waals surface area (Å²) in [5.41, 5.74) is 4.03. The number of benzene rings is 2. The van der Waals surface area contributed by atoms with E-state index in [1.165, 1.54) is 0 Å². The van der Waals surface area contributed by atoms with E-state index in [1.807, 2.05) is 60.8 Å². The van der Waals surface area contributed by atoms with E-state index in [9.17, 15) is 0 Å². The zero-order chi connectivity index (χ0) is 17.2. The Bertz CT molecular complexity index is 1020. The number of aryl methyl sites for hydroxylation is 1. The average molecular weight is 370 g/mol. The molecule has 0 spiro atoms. The lowest BCUT2D eigenvalue weighted by Crippen LogP contribution is -1.98. The summed E-state index contributed by atoms with van der Waals surface area (Å²) in [6.45, 7) is 2.47. The second kappa shape index (κ2) is 6.90. The molecule has 126 valence electrons. The van der Waals surface area contributed by atoms with Crippen molar-refractivity contribution < 1.29 is 9.15 Å². The lowest BCUT2D eigenvalue weighted by molar-refractivity contribution is 0.305. The molecule has 0 N–H and O–H groups in total. The van der Waals surface area contributed by atoms with E-state index in [-0.39, 0.29) is 0 Å². The molecular weight excluding hydrogens is 354 g/mol. The average Bonchev–Trinajstić information content (AvgIpc) is 3.25. The first kappa shape index (κ1) is 16.2. The fourth-order valence-electron chi connectivity index (χ4n) is 2.67. The number of aromatic nitrogens is 1. The molecule has 0 bridgehead atoms. The van der Waals surface area contributed by atoms with Crippen LogP contribution in [0.25, 0.3) is 21.7 Å². The number of thiazole rings is 1. The van der Waals surface area contributed by atoms with Gasteiger partial charge in [-0.15, -0.1) is 22.9 Å². The van der Waals surface area contributed by atoms with Crippen LogP contribution in [0.4, 0.5) is 0 Å². The van der Waals surface area contributed by atoms with Crippen LogP contribution in [0.3, 0.4) is 0 Å². The maximum absolute atomic E-state index is 5.98. The lowest BCUT2D eigenvalue weighted by Gasteiger charge is -2.09. The third kappa shape index (κ3) is 3.41. The number of hydrogen-bond acceptors (Lipinski definition) is 4. The van der Waals surface area contributed by atoms with Crippen molar-refractivity contribution in [2.45, 2.75) is 19.4 Å². The van der Waals surface area contributed by atoms with E-state index in [0.29, 0.717) is 12.5 Å². The minimum atomic E-state index is 0.483. The van der Waals surface area contributed by atoms with Crippen LogP contribution in [0, 0.1) is 6.92 Å². The van der Waals surface area contributed by atoms with Gasteiger partial charge in [-0.25, -0.2) is 4.98 Å². The molecule has 3 nitrogen and oxygen atoms in total. The molecule has 0 aliphatic rings. The molecule has 0 saturated heterocycles. The first-order chi connectivity index (χ1) is 12.2. The normalized spacial score (nSPS) is 11.1. The first-order valence-electron chi connectivity index (χ1n) is 7.94. The summed E-state index contributed by atoms with van der Waals surface area (Å²) in [7, 11) is 0. The van der Waals surface area contributed by atoms with Gasteiger partial charge in [-0.1, -0.05) is 24.3 Å². The van der Waals surface area contributed by atoms with Gasteiger partial charge in [0, 0.05) is 22.3 Å². The maximum Gasteiger partial charge on any atom is 0.164 e. The second-order valence-electron chi connectivity index (χ2n) is 5.80. The summed E-state index contributed by atoms with van der Waals surface area (Å²) in [4.78, 5) is 4.47. The fourth-order valence-corrected chi connectivity index (χ4v) is 3.68. The molecule has 2 heterocycles. The summed E-state index contributed by atoms with van der Waals surface area (Å²) >= 11 is 7.57. The molecule has 0 aliphatic heterocycles. The summed E-state index contributed by atoms with van der Waals surface area (Å²) in [6.07, 6.45) is 0. The minimum absolute atomic E-state index is 0.483. The number of ether oxygens (including phenoxy) is 1. The molecule has 0 radical (unpaired) electrons. The van der Waals surface area contributed by atoms with Gasteiger partial charge >= 0.3 is 0 Å². The van der Waals surface area contributed by atoms with Crippen molar-refractivity contribution in [2.24, 2.45) is 0 Å². The molecule has 0 fully saturated rings. The number of fused-ring (bicyclic) bond motifs is 1. The molecule has 4 aromatic rings. The molecular formula is C20H16ClNO2S. The topological polar surface area (TPSA) is 35.3 Å². The lowest BCUT2D eigenvalue weighted by atomic mass is 10.1. The molecule has 25 heavy (non-hydrogen) atoms. The van der Waals surface area contributed by atoms with Crippen molar-refractivity contribution in [1.82, 2.24) is 4.98 Å². The Morgan fingerprint density at radius 2 is 1.96 bits per heavy atom. The molecule has 0 amide bonds. The van der Waals surface area contributed by atoms with E-state index in [1.54, 1.807) is 11.3 Å². The number of alkyl halides is 1. The molecule has 0 atom stereocenters. The van der Waals surface area contributed by atoms with Crippen LogP contribution in [0.15, 0.2) is 58.3 Å². The molecule has 2 aromatic heterocycles. The zero-order valence-electron chi connectivity index (χ0n) is 13.7. The first-order valence-corrected chi connectivity index (χ1v) is 9.36. The number of furan rings is 1. The molecule has 5 heteroatoms. The maximum atomic E-state index is 5.98. The highest BCUT2D eigenvalue weighted by atomic mass is 35.5. The highest BCUT2D eigenvalue weighted by Gasteiger charge is 2.10.